The van der Waals surface area contributed by atoms with Crippen LogP contribution in [-0.2, 0) is 19.6 Å². The van der Waals surface area contributed by atoms with Crippen LogP contribution in [0.25, 0.3) is 11.0 Å². The van der Waals surface area contributed by atoms with Crippen LogP contribution in [0.5, 0.6) is 11.5 Å². The lowest BCUT2D eigenvalue weighted by molar-refractivity contribution is 0.0704. The van der Waals surface area contributed by atoms with Crippen LogP contribution in [-0.4, -0.2) is 39.2 Å². The second kappa shape index (κ2) is 6.15. The van der Waals surface area contributed by atoms with E-state index in [1.165, 1.54) is 13.2 Å². The van der Waals surface area contributed by atoms with Crippen LogP contribution < -0.4 is 10.4 Å². The molecule has 2 aromatic carbocycles. The van der Waals surface area contributed by atoms with Gasteiger partial charge < -0.3 is 14.7 Å². The minimum atomic E-state index is -0.387. The SMILES string of the molecule is COc1cc(C(=O)N(C)C2(c3ccc4c(c3)n(C)c(=O)n4C)CC2)ccc1O. The number of benzene rings is 2. The molecule has 4 rings (SSSR count). The fourth-order valence-corrected chi connectivity index (χ4v) is 3.93. The van der Waals surface area contributed by atoms with Gasteiger partial charge in [0.05, 0.1) is 23.7 Å². The number of hydrogen-bond acceptors (Lipinski definition) is 4. The number of hydrogen-bond donors (Lipinski definition) is 1. The average molecular weight is 381 g/mol. The van der Waals surface area contributed by atoms with Gasteiger partial charge in [0.15, 0.2) is 11.5 Å². The zero-order valence-corrected chi connectivity index (χ0v) is 16.4. The van der Waals surface area contributed by atoms with E-state index in [4.69, 9.17) is 4.74 Å². The molecule has 1 amide bonds. The zero-order chi connectivity index (χ0) is 20.2. The maximum absolute atomic E-state index is 13.1. The number of phenolic OH excluding ortho intramolecular Hbond substituents is 1. The zero-order valence-electron chi connectivity index (χ0n) is 16.4. The highest BCUT2D eigenvalue weighted by atomic mass is 16.5. The van der Waals surface area contributed by atoms with Crippen molar-refractivity contribution in [2.24, 2.45) is 14.1 Å². The third-order valence-corrected chi connectivity index (χ3v) is 5.91. The van der Waals surface area contributed by atoms with Crippen LogP contribution in [0.15, 0.2) is 41.2 Å². The van der Waals surface area contributed by atoms with Crippen LogP contribution in [0.1, 0.15) is 28.8 Å². The number of nitrogens with zero attached hydrogens (tertiary/aromatic N) is 3. The first kappa shape index (κ1) is 18.2. The van der Waals surface area contributed by atoms with Crippen molar-refractivity contribution >= 4 is 16.9 Å². The molecule has 28 heavy (non-hydrogen) atoms. The lowest BCUT2D eigenvalue weighted by Crippen LogP contribution is -2.37. The van der Waals surface area contributed by atoms with E-state index in [0.717, 1.165) is 29.4 Å². The number of aryl methyl sites for hydroxylation is 2. The number of imidazole rings is 1. The molecule has 1 N–H and O–H groups in total. The van der Waals surface area contributed by atoms with Gasteiger partial charge in [-0.1, -0.05) is 6.07 Å². The number of rotatable bonds is 4. The maximum atomic E-state index is 13.1. The highest BCUT2D eigenvalue weighted by Gasteiger charge is 2.50. The number of methoxy groups -OCH3 is 1. The molecule has 1 aliphatic rings. The van der Waals surface area contributed by atoms with Crippen LogP contribution >= 0.6 is 0 Å². The number of fused-ring (bicyclic) bond motifs is 1. The molecule has 146 valence electrons. The molecule has 0 unspecified atom stereocenters. The van der Waals surface area contributed by atoms with E-state index in [2.05, 4.69) is 0 Å². The topological polar surface area (TPSA) is 76.7 Å². The van der Waals surface area contributed by atoms with Gasteiger partial charge in [0.1, 0.15) is 0 Å². The van der Waals surface area contributed by atoms with Gasteiger partial charge in [-0.05, 0) is 48.7 Å². The quantitative estimate of drug-likeness (QED) is 0.753. The number of amides is 1. The number of carbonyl (C=O) groups excluding carboxylic acids is 1. The third-order valence-electron chi connectivity index (χ3n) is 5.91. The Hall–Kier alpha value is -3.22. The highest BCUT2D eigenvalue weighted by molar-refractivity contribution is 5.95. The van der Waals surface area contributed by atoms with Crippen molar-refractivity contribution in [1.82, 2.24) is 14.0 Å². The monoisotopic (exact) mass is 381 g/mol. The van der Waals surface area contributed by atoms with Crippen molar-refractivity contribution in [2.75, 3.05) is 14.2 Å². The summed E-state index contributed by atoms with van der Waals surface area (Å²) in [5, 5.41) is 9.78. The molecule has 1 heterocycles. The van der Waals surface area contributed by atoms with E-state index < -0.39 is 0 Å². The molecular formula is C21H23N3O4. The minimum Gasteiger partial charge on any atom is -0.504 e. The van der Waals surface area contributed by atoms with Crippen molar-refractivity contribution in [3.05, 3.63) is 58.0 Å². The molecule has 1 aromatic heterocycles. The maximum Gasteiger partial charge on any atom is 0.328 e. The predicted molar refractivity (Wildman–Crippen MR) is 106 cm³/mol. The third kappa shape index (κ3) is 2.50. The Morgan fingerprint density at radius 3 is 2.43 bits per heavy atom. The Bertz CT molecular complexity index is 1150. The number of ether oxygens (including phenoxy) is 1. The van der Waals surface area contributed by atoms with Crippen LogP contribution in [0, 0.1) is 0 Å². The molecule has 1 aliphatic carbocycles. The van der Waals surface area contributed by atoms with Crippen LogP contribution in [0.4, 0.5) is 0 Å². The van der Waals surface area contributed by atoms with Crippen molar-refractivity contribution in [3.8, 4) is 11.5 Å². The lowest BCUT2D eigenvalue weighted by atomic mass is 10.0. The summed E-state index contributed by atoms with van der Waals surface area (Å²) in [6, 6.07) is 10.5. The van der Waals surface area contributed by atoms with E-state index in [0.29, 0.717) is 5.56 Å². The Labute approximate surface area is 162 Å². The molecule has 0 radical (unpaired) electrons. The Morgan fingerprint density at radius 1 is 1.11 bits per heavy atom. The fraction of sp³-hybridized carbons (Fsp3) is 0.333. The summed E-state index contributed by atoms with van der Waals surface area (Å²) in [5.74, 6) is 0.126. The Kier molecular flexibility index (Phi) is 3.99. The summed E-state index contributed by atoms with van der Waals surface area (Å²) in [6.45, 7) is 0. The molecule has 3 aromatic rings. The van der Waals surface area contributed by atoms with Crippen molar-refractivity contribution in [3.63, 3.8) is 0 Å². The largest absolute Gasteiger partial charge is 0.504 e. The first-order valence-electron chi connectivity index (χ1n) is 9.11. The number of phenols is 1. The number of carbonyl (C=O) groups is 1. The molecule has 0 bridgehead atoms. The van der Waals surface area contributed by atoms with E-state index in [9.17, 15) is 14.7 Å². The molecule has 7 nitrogen and oxygen atoms in total. The second-order valence-corrected chi connectivity index (χ2v) is 7.39. The average Bonchev–Trinajstić information content (AvgIpc) is 3.49. The smallest absolute Gasteiger partial charge is 0.328 e. The highest BCUT2D eigenvalue weighted by Crippen LogP contribution is 2.51. The van der Waals surface area contributed by atoms with E-state index in [-0.39, 0.29) is 28.6 Å². The first-order chi connectivity index (χ1) is 13.3. The van der Waals surface area contributed by atoms with Crippen molar-refractivity contribution in [2.45, 2.75) is 18.4 Å². The summed E-state index contributed by atoms with van der Waals surface area (Å²) in [4.78, 5) is 27.1. The van der Waals surface area contributed by atoms with Crippen molar-refractivity contribution < 1.29 is 14.6 Å². The van der Waals surface area contributed by atoms with Gasteiger partial charge in [-0.15, -0.1) is 0 Å². The molecule has 1 fully saturated rings. The molecule has 0 atom stereocenters. The van der Waals surface area contributed by atoms with E-state index in [1.807, 2.05) is 18.2 Å². The predicted octanol–water partition coefficient (Wildman–Crippen LogP) is 2.35. The van der Waals surface area contributed by atoms with Gasteiger partial charge in [0, 0.05) is 26.7 Å². The van der Waals surface area contributed by atoms with Gasteiger partial charge in [-0.3, -0.25) is 13.9 Å². The standard InChI is InChI=1S/C21H23N3O4/c1-22-15-7-6-14(12-16(15)23(2)20(22)27)21(9-10-21)24(3)19(26)13-5-8-17(25)18(11-13)28-4/h5-8,11-12,25H,9-10H2,1-4H3. The molecule has 1 saturated carbocycles. The summed E-state index contributed by atoms with van der Waals surface area (Å²) < 4.78 is 8.37. The van der Waals surface area contributed by atoms with Gasteiger partial charge in [-0.25, -0.2) is 4.79 Å². The van der Waals surface area contributed by atoms with Crippen LogP contribution in [0.3, 0.4) is 0 Å². The lowest BCUT2D eigenvalue weighted by Gasteiger charge is -2.29. The number of aromatic nitrogens is 2. The van der Waals surface area contributed by atoms with Gasteiger partial charge >= 0.3 is 5.69 Å². The summed E-state index contributed by atoms with van der Waals surface area (Å²) in [7, 11) is 6.76. The fourth-order valence-electron chi connectivity index (χ4n) is 3.93. The van der Waals surface area contributed by atoms with Gasteiger partial charge in [0.2, 0.25) is 0 Å². The van der Waals surface area contributed by atoms with Gasteiger partial charge in [0.25, 0.3) is 5.91 Å². The number of aromatic hydroxyl groups is 1. The van der Waals surface area contributed by atoms with Crippen LogP contribution in [0.2, 0.25) is 0 Å². The molecule has 7 heteroatoms. The van der Waals surface area contributed by atoms with Gasteiger partial charge in [-0.2, -0.15) is 0 Å². The molecule has 0 spiro atoms. The summed E-state index contributed by atoms with van der Waals surface area (Å²) in [6.07, 6.45) is 1.72. The second-order valence-electron chi connectivity index (χ2n) is 7.39. The Morgan fingerprint density at radius 2 is 1.79 bits per heavy atom. The molecule has 0 aliphatic heterocycles. The minimum absolute atomic E-state index is 0.00159. The normalized spacial score (nSPS) is 14.9. The summed E-state index contributed by atoms with van der Waals surface area (Å²) in [5.41, 5.74) is 2.73. The first-order valence-corrected chi connectivity index (χ1v) is 9.11. The summed E-state index contributed by atoms with van der Waals surface area (Å²) >= 11 is 0. The molecule has 0 saturated heterocycles. The van der Waals surface area contributed by atoms with Crippen molar-refractivity contribution in [1.29, 1.82) is 0 Å². The van der Waals surface area contributed by atoms with E-state index in [1.54, 1.807) is 47.3 Å². The molecular weight excluding hydrogens is 358 g/mol. The Balaban J connectivity index is 1.72. The van der Waals surface area contributed by atoms with E-state index >= 15 is 0 Å².